The van der Waals surface area contributed by atoms with Gasteiger partial charge < -0.3 is 4.74 Å². The zero-order chi connectivity index (χ0) is 16.7. The minimum Gasteiger partial charge on any atom is -0.481 e. The molecule has 0 bridgehead atoms. The number of pyridine rings is 1. The van der Waals surface area contributed by atoms with E-state index in [0.29, 0.717) is 0 Å². The van der Waals surface area contributed by atoms with Crippen molar-refractivity contribution in [1.82, 2.24) is 4.98 Å². The average Bonchev–Trinajstić information content (AvgIpc) is 2.39. The van der Waals surface area contributed by atoms with Gasteiger partial charge in [0, 0.05) is 5.39 Å². The number of fused-ring (bicyclic) bond motifs is 1. The highest BCUT2D eigenvalue weighted by molar-refractivity contribution is 9.10. The van der Waals surface area contributed by atoms with Crippen LogP contribution in [-0.2, 0) is 0 Å². The Balaban J connectivity index is 2.67. The number of hydrogen-bond acceptors (Lipinski definition) is 4. The molecular weight excluding hydrogens is 416 g/mol. The minimum atomic E-state index is -4.57. The fraction of sp³-hybridized carbons (Fsp3) is 0.182. The van der Waals surface area contributed by atoms with Crippen LogP contribution in [0.15, 0.2) is 16.7 Å². The van der Waals surface area contributed by atoms with Gasteiger partial charge in [0.2, 0.25) is 0 Å². The van der Waals surface area contributed by atoms with Crippen LogP contribution in [0.2, 0.25) is 10.0 Å². The lowest BCUT2D eigenvalue weighted by molar-refractivity contribution is -0.384. The molecule has 2 aromatic rings. The molecule has 0 spiro atoms. The Morgan fingerprint density at radius 2 is 2.05 bits per heavy atom. The summed E-state index contributed by atoms with van der Waals surface area (Å²) in [6, 6.07) is 1.25. The van der Waals surface area contributed by atoms with Gasteiger partial charge in [-0.15, -0.1) is 0 Å². The second-order valence-corrected chi connectivity index (χ2v) is 5.59. The molecule has 0 aliphatic heterocycles. The van der Waals surface area contributed by atoms with Gasteiger partial charge in [-0.05, 0) is 22.0 Å². The van der Waals surface area contributed by atoms with Crippen LogP contribution >= 0.6 is 39.1 Å². The van der Waals surface area contributed by atoms with E-state index in [9.17, 15) is 23.3 Å². The highest BCUT2D eigenvalue weighted by Crippen LogP contribution is 2.43. The SMILES string of the molecule is O=[N+]([O-])c1cnc2c(OCC(F)(F)F)c(Br)c(Cl)cc2c1Cl. The Kier molecular flexibility index (Phi) is 4.69. The summed E-state index contributed by atoms with van der Waals surface area (Å²) in [4.78, 5) is 13.8. The topological polar surface area (TPSA) is 65.3 Å². The summed E-state index contributed by atoms with van der Waals surface area (Å²) < 4.78 is 41.7. The van der Waals surface area contributed by atoms with Gasteiger partial charge >= 0.3 is 11.9 Å². The summed E-state index contributed by atoms with van der Waals surface area (Å²) in [6.45, 7) is -1.57. The van der Waals surface area contributed by atoms with Crippen LogP contribution < -0.4 is 4.74 Å². The molecule has 0 N–H and O–H groups in total. The molecule has 0 unspecified atom stereocenters. The first-order chi connectivity index (χ1) is 10.1. The van der Waals surface area contributed by atoms with Gasteiger partial charge in [-0.3, -0.25) is 10.1 Å². The number of nitrogens with zero attached hydrogens (tertiary/aromatic N) is 2. The van der Waals surface area contributed by atoms with Gasteiger partial charge in [0.05, 0.1) is 14.4 Å². The van der Waals surface area contributed by atoms with Crippen molar-refractivity contribution >= 4 is 55.7 Å². The van der Waals surface area contributed by atoms with E-state index >= 15 is 0 Å². The van der Waals surface area contributed by atoms with E-state index in [1.54, 1.807) is 0 Å². The smallest absolute Gasteiger partial charge is 0.422 e. The van der Waals surface area contributed by atoms with E-state index in [4.69, 9.17) is 27.9 Å². The third-order valence-corrected chi connectivity index (χ3v) is 4.22. The number of halogens is 6. The fourth-order valence-electron chi connectivity index (χ4n) is 1.62. The van der Waals surface area contributed by atoms with Crippen LogP contribution in [0.1, 0.15) is 0 Å². The molecule has 2 rings (SSSR count). The van der Waals surface area contributed by atoms with Gasteiger partial charge in [0.15, 0.2) is 12.4 Å². The molecule has 0 saturated heterocycles. The quantitative estimate of drug-likeness (QED) is 0.509. The summed E-state index contributed by atoms with van der Waals surface area (Å²) in [5.41, 5.74) is -0.564. The van der Waals surface area contributed by atoms with E-state index in [2.05, 4.69) is 20.9 Å². The van der Waals surface area contributed by atoms with E-state index in [0.717, 1.165) is 6.20 Å². The lowest BCUT2D eigenvalue weighted by Gasteiger charge is -2.14. The summed E-state index contributed by atoms with van der Waals surface area (Å²) >= 11 is 14.8. The first-order valence-electron chi connectivity index (χ1n) is 5.42. The summed E-state index contributed by atoms with van der Waals surface area (Å²) in [6.07, 6.45) is -3.73. The lowest BCUT2D eigenvalue weighted by atomic mass is 10.2. The maximum atomic E-state index is 12.3. The molecule has 0 atom stereocenters. The van der Waals surface area contributed by atoms with Crippen LogP contribution in [-0.4, -0.2) is 22.7 Å². The number of ether oxygens (including phenoxy) is 1. The average molecular weight is 420 g/mol. The molecule has 0 radical (unpaired) electrons. The highest BCUT2D eigenvalue weighted by Gasteiger charge is 2.30. The molecule has 1 heterocycles. The number of hydrogen-bond donors (Lipinski definition) is 0. The third kappa shape index (κ3) is 3.36. The van der Waals surface area contributed by atoms with Crippen molar-refractivity contribution in [2.24, 2.45) is 0 Å². The van der Waals surface area contributed by atoms with Gasteiger partial charge in [-0.2, -0.15) is 13.2 Å². The first-order valence-corrected chi connectivity index (χ1v) is 6.97. The third-order valence-electron chi connectivity index (χ3n) is 2.50. The normalized spacial score (nSPS) is 11.7. The monoisotopic (exact) mass is 418 g/mol. The predicted octanol–water partition coefficient (Wildman–Crippen LogP) is 5.15. The van der Waals surface area contributed by atoms with Crippen molar-refractivity contribution in [2.75, 3.05) is 6.61 Å². The van der Waals surface area contributed by atoms with Gasteiger partial charge in [0.25, 0.3) is 0 Å². The summed E-state index contributed by atoms with van der Waals surface area (Å²) in [5.74, 6) is -0.295. The molecular formula is C11H4BrCl2F3N2O3. The van der Waals surface area contributed by atoms with Crippen molar-refractivity contribution in [3.05, 3.63) is 36.9 Å². The highest BCUT2D eigenvalue weighted by atomic mass is 79.9. The van der Waals surface area contributed by atoms with Crippen LogP contribution in [0.3, 0.4) is 0 Å². The van der Waals surface area contributed by atoms with Crippen molar-refractivity contribution in [3.63, 3.8) is 0 Å². The second kappa shape index (κ2) is 6.05. The number of rotatable bonds is 3. The number of alkyl halides is 3. The van der Waals surface area contributed by atoms with Gasteiger partial charge in [0.1, 0.15) is 16.7 Å². The minimum absolute atomic E-state index is 0.0150. The van der Waals surface area contributed by atoms with Crippen molar-refractivity contribution < 1.29 is 22.8 Å². The maximum absolute atomic E-state index is 12.3. The van der Waals surface area contributed by atoms with E-state index < -0.39 is 23.4 Å². The molecule has 1 aromatic heterocycles. The molecule has 11 heteroatoms. The maximum Gasteiger partial charge on any atom is 0.422 e. The number of nitro groups is 1. The van der Waals surface area contributed by atoms with Crippen LogP contribution in [0, 0.1) is 10.1 Å². The standard InChI is InChI=1S/C11H4BrCl2F3N2O3/c12-7-5(13)1-4-8(14)6(19(20)21)2-18-9(4)10(7)22-3-11(15,16)17/h1-2H,3H2. The van der Waals surface area contributed by atoms with E-state index in [1.807, 2.05) is 0 Å². The van der Waals surface area contributed by atoms with Crippen molar-refractivity contribution in [3.8, 4) is 5.75 Å². The van der Waals surface area contributed by atoms with Crippen molar-refractivity contribution in [1.29, 1.82) is 0 Å². The second-order valence-electron chi connectivity index (χ2n) is 4.02. The van der Waals surface area contributed by atoms with Gasteiger partial charge in [-0.1, -0.05) is 23.2 Å². The predicted molar refractivity (Wildman–Crippen MR) is 77.7 cm³/mol. The van der Waals surface area contributed by atoms with Crippen LogP contribution in [0.25, 0.3) is 10.9 Å². The summed E-state index contributed by atoms with van der Waals surface area (Å²) in [7, 11) is 0. The molecule has 0 aliphatic carbocycles. The molecule has 0 aliphatic rings. The zero-order valence-corrected chi connectivity index (χ0v) is 13.3. The molecule has 118 valence electrons. The first kappa shape index (κ1) is 17.0. The Morgan fingerprint density at radius 1 is 1.41 bits per heavy atom. The molecule has 0 saturated carbocycles. The van der Waals surface area contributed by atoms with Gasteiger partial charge in [-0.25, -0.2) is 4.98 Å². The van der Waals surface area contributed by atoms with Crippen molar-refractivity contribution in [2.45, 2.75) is 6.18 Å². The Labute approximate surface area is 139 Å². The molecule has 0 fully saturated rings. The Bertz CT molecular complexity index is 771. The molecule has 22 heavy (non-hydrogen) atoms. The van der Waals surface area contributed by atoms with E-state index in [-0.39, 0.29) is 31.2 Å². The zero-order valence-electron chi connectivity index (χ0n) is 10.2. The molecule has 5 nitrogen and oxygen atoms in total. The van der Waals surface area contributed by atoms with Crippen LogP contribution in [0.4, 0.5) is 18.9 Å². The largest absolute Gasteiger partial charge is 0.481 e. The Morgan fingerprint density at radius 3 is 2.59 bits per heavy atom. The van der Waals surface area contributed by atoms with E-state index in [1.165, 1.54) is 6.07 Å². The summed E-state index contributed by atoms with van der Waals surface area (Å²) in [5, 5.41) is 10.5. The molecule has 0 amide bonds. The Hall–Kier alpha value is -1.32. The molecule has 1 aromatic carbocycles. The number of benzene rings is 1. The number of aromatic nitrogens is 1. The fourth-order valence-corrected chi connectivity index (χ4v) is 2.50. The van der Waals surface area contributed by atoms with Crippen LogP contribution in [0.5, 0.6) is 5.75 Å². The lowest BCUT2D eigenvalue weighted by Crippen LogP contribution is -2.19.